The van der Waals surface area contributed by atoms with Gasteiger partial charge in [0.1, 0.15) is 13.2 Å². The van der Waals surface area contributed by atoms with Crippen LogP contribution in [0.2, 0.25) is 0 Å². The summed E-state index contributed by atoms with van der Waals surface area (Å²) in [5.74, 6) is -0.141. The van der Waals surface area contributed by atoms with E-state index in [0.717, 1.165) is 38.5 Å². The van der Waals surface area contributed by atoms with Crippen molar-refractivity contribution >= 4 is 13.7 Å². The number of carbonyl (C=O) groups excluding carboxylic acids is 1. The molecule has 0 bridgehead atoms. The molecule has 0 saturated carbocycles. The predicted molar refractivity (Wildman–Crippen MR) is 259 cm³/mol. The zero-order valence-electron chi connectivity index (χ0n) is 41.0. The molecule has 9 heteroatoms. The van der Waals surface area contributed by atoms with Gasteiger partial charge in [-0.15, -0.1) is 0 Å². The number of amides is 1. The maximum absolute atomic E-state index is 12.9. The molecule has 0 aromatic rings. The van der Waals surface area contributed by atoms with Crippen molar-refractivity contribution < 1.29 is 32.9 Å². The summed E-state index contributed by atoms with van der Waals surface area (Å²) < 4.78 is 23.6. The molecule has 0 aromatic carbocycles. The number of phosphoric acid groups is 1. The van der Waals surface area contributed by atoms with E-state index in [2.05, 4.69) is 19.2 Å². The van der Waals surface area contributed by atoms with Crippen LogP contribution < -0.4 is 5.32 Å². The van der Waals surface area contributed by atoms with Crippen molar-refractivity contribution in [2.45, 2.75) is 283 Å². The number of carbonyl (C=O) groups is 1. The molecule has 360 valence electrons. The Kier molecular flexibility index (Phi) is 43.4. The molecule has 0 aliphatic carbocycles. The number of quaternary nitrogens is 1. The number of hydrogen-bond acceptors (Lipinski definition) is 5. The largest absolute Gasteiger partial charge is 0.472 e. The first kappa shape index (κ1) is 59.5. The van der Waals surface area contributed by atoms with Crippen molar-refractivity contribution in [3.8, 4) is 0 Å². The van der Waals surface area contributed by atoms with Crippen LogP contribution in [0.4, 0.5) is 0 Å². The SMILES string of the molecule is CCCCCCCCCCCCCCCCCCCCCCCCCCCCCCCCC(=O)NC(COP(=O)(O)OCC[N+](C)(C)C)C(O)CCCCCCCCCC. The fourth-order valence-electron chi connectivity index (χ4n) is 8.17. The van der Waals surface area contributed by atoms with E-state index >= 15 is 0 Å². The van der Waals surface area contributed by atoms with Crippen LogP contribution in [-0.2, 0) is 18.4 Å². The van der Waals surface area contributed by atoms with Gasteiger partial charge in [0, 0.05) is 6.42 Å². The van der Waals surface area contributed by atoms with Crippen molar-refractivity contribution in [3.63, 3.8) is 0 Å². The van der Waals surface area contributed by atoms with Crippen LogP contribution in [0, 0.1) is 0 Å². The van der Waals surface area contributed by atoms with Gasteiger partial charge in [-0.05, 0) is 12.8 Å². The van der Waals surface area contributed by atoms with E-state index in [0.29, 0.717) is 23.9 Å². The Morgan fingerprint density at radius 3 is 1.12 bits per heavy atom. The first-order valence-corrected chi connectivity index (χ1v) is 27.9. The zero-order valence-corrected chi connectivity index (χ0v) is 41.9. The summed E-state index contributed by atoms with van der Waals surface area (Å²) in [6, 6.07) is -0.752. The molecule has 8 nitrogen and oxygen atoms in total. The molecule has 0 heterocycles. The van der Waals surface area contributed by atoms with Gasteiger partial charge in [0.2, 0.25) is 5.91 Å². The lowest BCUT2D eigenvalue weighted by atomic mass is 10.0. The summed E-state index contributed by atoms with van der Waals surface area (Å²) in [6.45, 7) is 4.89. The van der Waals surface area contributed by atoms with E-state index in [1.807, 2.05) is 21.1 Å². The Hall–Kier alpha value is -0.500. The minimum Gasteiger partial charge on any atom is -0.391 e. The van der Waals surface area contributed by atoms with E-state index in [9.17, 15) is 19.4 Å². The number of rotatable bonds is 49. The fraction of sp³-hybridized carbons (Fsp3) is 0.980. The standard InChI is InChI=1S/C51H105N2O6P/c1-6-8-10-12-14-16-17-18-19-20-21-22-23-24-25-26-27-28-29-30-31-32-33-34-35-36-37-39-41-43-45-51(55)52-49(48-59-60(56,57)58-47-46-53(3,4)5)50(54)44-42-40-38-15-13-11-9-7-2/h49-50,54H,6-48H2,1-5H3,(H-,52,55,56,57)/p+1. The lowest BCUT2D eigenvalue weighted by Crippen LogP contribution is -2.46. The highest BCUT2D eigenvalue weighted by Crippen LogP contribution is 2.43. The summed E-state index contributed by atoms with van der Waals surface area (Å²) in [5, 5.41) is 13.9. The molecule has 0 spiro atoms. The Morgan fingerprint density at radius 2 is 0.800 bits per heavy atom. The van der Waals surface area contributed by atoms with Crippen LogP contribution >= 0.6 is 7.82 Å². The molecule has 0 aliphatic heterocycles. The highest BCUT2D eigenvalue weighted by atomic mass is 31.2. The second kappa shape index (κ2) is 43.7. The number of aliphatic hydroxyl groups excluding tert-OH is 1. The maximum atomic E-state index is 12.9. The number of phosphoric ester groups is 1. The summed E-state index contributed by atoms with van der Waals surface area (Å²) in [6.07, 6.45) is 50.4. The molecular formula is C51H106N2O6P+. The number of unbranched alkanes of at least 4 members (excludes halogenated alkanes) is 36. The number of nitrogens with zero attached hydrogens (tertiary/aromatic N) is 1. The molecule has 0 aromatic heterocycles. The highest BCUT2D eigenvalue weighted by Gasteiger charge is 2.28. The topological polar surface area (TPSA) is 105 Å². The van der Waals surface area contributed by atoms with Gasteiger partial charge in [-0.1, -0.05) is 251 Å². The predicted octanol–water partition coefficient (Wildman–Crippen LogP) is 15.3. The minimum absolute atomic E-state index is 0.0782. The first-order chi connectivity index (χ1) is 29.0. The monoisotopic (exact) mass is 874 g/mol. The molecule has 0 saturated heterocycles. The summed E-state index contributed by atoms with van der Waals surface area (Å²) in [5.41, 5.74) is 0. The number of nitrogens with one attached hydrogen (secondary N) is 1. The van der Waals surface area contributed by atoms with Crippen LogP contribution in [0.3, 0.4) is 0 Å². The molecular weight excluding hydrogens is 768 g/mol. The zero-order chi connectivity index (χ0) is 44.3. The van der Waals surface area contributed by atoms with Gasteiger partial charge in [0.15, 0.2) is 0 Å². The molecule has 3 atom stereocenters. The van der Waals surface area contributed by atoms with Gasteiger partial charge >= 0.3 is 7.82 Å². The van der Waals surface area contributed by atoms with Crippen LogP contribution in [0.15, 0.2) is 0 Å². The third-order valence-electron chi connectivity index (χ3n) is 12.4. The number of hydrogen-bond donors (Lipinski definition) is 3. The van der Waals surface area contributed by atoms with Crippen LogP contribution in [0.1, 0.15) is 271 Å². The molecule has 0 radical (unpaired) electrons. The Bertz CT molecular complexity index is 947. The first-order valence-electron chi connectivity index (χ1n) is 26.4. The van der Waals surface area contributed by atoms with Crippen LogP contribution in [0.5, 0.6) is 0 Å². The maximum Gasteiger partial charge on any atom is 0.472 e. The number of aliphatic hydroxyl groups is 1. The molecule has 0 rings (SSSR count). The summed E-state index contributed by atoms with van der Waals surface area (Å²) in [7, 11) is 1.63. The lowest BCUT2D eigenvalue weighted by molar-refractivity contribution is -0.870. The van der Waals surface area contributed by atoms with E-state index in [4.69, 9.17) is 9.05 Å². The molecule has 60 heavy (non-hydrogen) atoms. The van der Waals surface area contributed by atoms with Gasteiger partial charge in [0.05, 0.1) is 39.9 Å². The molecule has 3 N–H and O–H groups in total. The van der Waals surface area contributed by atoms with E-state index in [1.54, 1.807) is 0 Å². The fourth-order valence-corrected chi connectivity index (χ4v) is 8.90. The summed E-state index contributed by atoms with van der Waals surface area (Å²) >= 11 is 0. The third kappa shape index (κ3) is 45.5. The molecule has 1 amide bonds. The lowest BCUT2D eigenvalue weighted by Gasteiger charge is -2.26. The van der Waals surface area contributed by atoms with E-state index in [-0.39, 0.29) is 19.1 Å². The normalized spacial score (nSPS) is 14.1. The highest BCUT2D eigenvalue weighted by molar-refractivity contribution is 7.47. The minimum atomic E-state index is -4.30. The second-order valence-corrected chi connectivity index (χ2v) is 21.1. The van der Waals surface area contributed by atoms with Crippen LogP contribution in [0.25, 0.3) is 0 Å². The smallest absolute Gasteiger partial charge is 0.391 e. The third-order valence-corrected chi connectivity index (χ3v) is 13.3. The van der Waals surface area contributed by atoms with E-state index in [1.165, 1.54) is 205 Å². The van der Waals surface area contributed by atoms with Crippen molar-refractivity contribution in [1.29, 1.82) is 0 Å². The molecule has 0 aliphatic rings. The summed E-state index contributed by atoms with van der Waals surface area (Å²) in [4.78, 5) is 23.1. The Balaban J connectivity index is 3.87. The Morgan fingerprint density at radius 1 is 0.500 bits per heavy atom. The van der Waals surface area contributed by atoms with Gasteiger partial charge in [-0.25, -0.2) is 4.57 Å². The second-order valence-electron chi connectivity index (χ2n) is 19.6. The average Bonchev–Trinajstić information content (AvgIpc) is 3.20. The van der Waals surface area contributed by atoms with Gasteiger partial charge in [-0.3, -0.25) is 13.8 Å². The van der Waals surface area contributed by atoms with Gasteiger partial charge in [-0.2, -0.15) is 0 Å². The van der Waals surface area contributed by atoms with Gasteiger partial charge < -0.3 is 19.8 Å². The number of likely N-dealkylation sites (N-methyl/N-ethyl adjacent to an activating group) is 1. The quantitative estimate of drug-likeness (QED) is 0.0319. The van der Waals surface area contributed by atoms with E-state index < -0.39 is 20.0 Å². The molecule has 0 fully saturated rings. The van der Waals surface area contributed by atoms with Crippen molar-refractivity contribution in [2.75, 3.05) is 40.9 Å². The molecule has 3 unspecified atom stereocenters. The van der Waals surface area contributed by atoms with Crippen LogP contribution in [-0.4, -0.2) is 73.4 Å². The van der Waals surface area contributed by atoms with Crippen molar-refractivity contribution in [1.82, 2.24) is 5.32 Å². The Labute approximate surface area is 374 Å². The van der Waals surface area contributed by atoms with Gasteiger partial charge in [0.25, 0.3) is 0 Å². The van der Waals surface area contributed by atoms with Crippen molar-refractivity contribution in [3.05, 3.63) is 0 Å². The average molecular weight is 874 g/mol. The van der Waals surface area contributed by atoms with Crippen molar-refractivity contribution in [2.24, 2.45) is 0 Å².